The zero-order valence-electron chi connectivity index (χ0n) is 11.6. The zero-order valence-corrected chi connectivity index (χ0v) is 12.4. The van der Waals surface area contributed by atoms with Crippen LogP contribution in [-0.4, -0.2) is 33.7 Å². The maximum atomic E-state index is 12.1. The van der Waals surface area contributed by atoms with Crippen LogP contribution in [-0.2, 0) is 4.74 Å². The van der Waals surface area contributed by atoms with Gasteiger partial charge < -0.3 is 10.1 Å². The Bertz CT molecular complexity index is 432. The summed E-state index contributed by atoms with van der Waals surface area (Å²) in [4.78, 5) is 12.1. The lowest BCUT2D eigenvalue weighted by Crippen LogP contribution is -2.47. The van der Waals surface area contributed by atoms with Crippen LogP contribution in [0.25, 0.3) is 0 Å². The molecule has 0 bridgehead atoms. The standard InChI is InChI=1S/C14H21N3O2S/c18-14(12-9-20-17-16-12)15-11-7-3-4-8-13(11)19-10-5-1-2-6-10/h9-11,13H,1-8H2,(H,15,18)/t11-,13-/m0/s1. The minimum absolute atomic E-state index is 0.120. The Labute approximate surface area is 123 Å². The van der Waals surface area contributed by atoms with E-state index in [-0.39, 0.29) is 18.1 Å². The molecule has 110 valence electrons. The van der Waals surface area contributed by atoms with Gasteiger partial charge in [0.05, 0.1) is 18.2 Å². The summed E-state index contributed by atoms with van der Waals surface area (Å²) in [5.74, 6) is -0.120. The fraction of sp³-hybridized carbons (Fsp3) is 0.786. The van der Waals surface area contributed by atoms with E-state index in [0.29, 0.717) is 11.8 Å². The molecule has 0 unspecified atom stereocenters. The lowest BCUT2D eigenvalue weighted by molar-refractivity contribution is -0.0419. The number of ether oxygens (including phenoxy) is 1. The highest BCUT2D eigenvalue weighted by molar-refractivity contribution is 7.03. The van der Waals surface area contributed by atoms with Gasteiger partial charge in [-0.1, -0.05) is 30.2 Å². The summed E-state index contributed by atoms with van der Waals surface area (Å²) in [6.45, 7) is 0. The van der Waals surface area contributed by atoms with E-state index in [0.717, 1.165) is 19.3 Å². The first-order valence-electron chi connectivity index (χ1n) is 7.56. The van der Waals surface area contributed by atoms with Crippen molar-refractivity contribution in [2.45, 2.75) is 69.6 Å². The van der Waals surface area contributed by atoms with Gasteiger partial charge >= 0.3 is 0 Å². The predicted octanol–water partition coefficient (Wildman–Crippen LogP) is 2.54. The largest absolute Gasteiger partial charge is 0.373 e. The van der Waals surface area contributed by atoms with Crippen LogP contribution in [0.3, 0.4) is 0 Å². The summed E-state index contributed by atoms with van der Waals surface area (Å²) in [6.07, 6.45) is 9.88. The Morgan fingerprint density at radius 2 is 1.95 bits per heavy atom. The van der Waals surface area contributed by atoms with Crippen LogP contribution in [0.1, 0.15) is 61.9 Å². The maximum absolute atomic E-state index is 12.1. The van der Waals surface area contributed by atoms with Gasteiger partial charge in [-0.15, -0.1) is 5.10 Å². The van der Waals surface area contributed by atoms with E-state index in [1.807, 2.05) is 0 Å². The summed E-state index contributed by atoms with van der Waals surface area (Å²) < 4.78 is 9.97. The third kappa shape index (κ3) is 3.35. The fourth-order valence-corrected chi connectivity index (χ4v) is 3.64. The van der Waals surface area contributed by atoms with Gasteiger partial charge in [0.2, 0.25) is 0 Å². The van der Waals surface area contributed by atoms with E-state index in [1.54, 1.807) is 5.38 Å². The van der Waals surface area contributed by atoms with Crippen molar-refractivity contribution in [3.8, 4) is 0 Å². The topological polar surface area (TPSA) is 64.1 Å². The van der Waals surface area contributed by atoms with Crippen molar-refractivity contribution in [2.75, 3.05) is 0 Å². The summed E-state index contributed by atoms with van der Waals surface area (Å²) in [5.41, 5.74) is 0.417. The lowest BCUT2D eigenvalue weighted by Gasteiger charge is -2.33. The van der Waals surface area contributed by atoms with E-state index in [2.05, 4.69) is 14.9 Å². The molecule has 1 heterocycles. The second kappa shape index (κ2) is 6.63. The second-order valence-electron chi connectivity index (χ2n) is 5.74. The monoisotopic (exact) mass is 295 g/mol. The first kappa shape index (κ1) is 13.9. The molecule has 1 N–H and O–H groups in total. The molecule has 6 heteroatoms. The van der Waals surface area contributed by atoms with Crippen molar-refractivity contribution in [1.29, 1.82) is 0 Å². The summed E-state index contributed by atoms with van der Waals surface area (Å²) in [6, 6.07) is 0.124. The predicted molar refractivity (Wildman–Crippen MR) is 76.8 cm³/mol. The number of hydrogen-bond donors (Lipinski definition) is 1. The molecule has 2 atom stereocenters. The molecule has 2 fully saturated rings. The molecule has 2 saturated carbocycles. The molecule has 2 aliphatic rings. The van der Waals surface area contributed by atoms with Crippen LogP contribution in [0, 0.1) is 0 Å². The van der Waals surface area contributed by atoms with Gasteiger partial charge in [-0.2, -0.15) is 0 Å². The van der Waals surface area contributed by atoms with Gasteiger partial charge in [0.1, 0.15) is 0 Å². The molecular formula is C14H21N3O2S. The fourth-order valence-electron chi connectivity index (χ4n) is 3.20. The van der Waals surface area contributed by atoms with Crippen molar-refractivity contribution in [2.24, 2.45) is 0 Å². The van der Waals surface area contributed by atoms with Crippen molar-refractivity contribution >= 4 is 17.4 Å². The average molecular weight is 295 g/mol. The SMILES string of the molecule is O=C(N[C@H]1CCCC[C@@H]1OC1CCCC1)c1csnn1. The lowest BCUT2D eigenvalue weighted by atomic mass is 9.92. The quantitative estimate of drug-likeness (QED) is 0.927. The van der Waals surface area contributed by atoms with E-state index in [4.69, 9.17) is 4.74 Å². The first-order valence-corrected chi connectivity index (χ1v) is 8.40. The average Bonchev–Trinajstić information content (AvgIpc) is 3.13. The minimum Gasteiger partial charge on any atom is -0.373 e. The third-order valence-electron chi connectivity index (χ3n) is 4.28. The number of carbonyl (C=O) groups is 1. The molecule has 0 aliphatic heterocycles. The van der Waals surface area contributed by atoms with Crippen molar-refractivity contribution < 1.29 is 9.53 Å². The number of carbonyl (C=O) groups excluding carboxylic acids is 1. The first-order chi connectivity index (χ1) is 9.83. The van der Waals surface area contributed by atoms with E-state index in [9.17, 15) is 4.79 Å². The highest BCUT2D eigenvalue weighted by atomic mass is 32.1. The van der Waals surface area contributed by atoms with Crippen LogP contribution in [0.15, 0.2) is 5.38 Å². The van der Waals surface area contributed by atoms with Gasteiger partial charge in [-0.25, -0.2) is 0 Å². The summed E-state index contributed by atoms with van der Waals surface area (Å²) in [7, 11) is 0. The molecule has 0 aromatic carbocycles. The molecule has 1 amide bonds. The summed E-state index contributed by atoms with van der Waals surface area (Å²) >= 11 is 1.20. The highest BCUT2D eigenvalue weighted by Crippen LogP contribution is 2.28. The van der Waals surface area contributed by atoms with Gasteiger partial charge in [-0.05, 0) is 37.2 Å². The minimum atomic E-state index is -0.120. The molecule has 1 aromatic rings. The van der Waals surface area contributed by atoms with Crippen LogP contribution < -0.4 is 5.32 Å². The van der Waals surface area contributed by atoms with Gasteiger partial charge in [0.25, 0.3) is 5.91 Å². The van der Waals surface area contributed by atoms with Crippen LogP contribution in [0.5, 0.6) is 0 Å². The van der Waals surface area contributed by atoms with Crippen LogP contribution in [0.4, 0.5) is 0 Å². The van der Waals surface area contributed by atoms with Crippen LogP contribution in [0.2, 0.25) is 0 Å². The molecule has 20 heavy (non-hydrogen) atoms. The number of nitrogens with one attached hydrogen (secondary N) is 1. The smallest absolute Gasteiger partial charge is 0.273 e. The van der Waals surface area contributed by atoms with Crippen LogP contribution >= 0.6 is 11.5 Å². The van der Waals surface area contributed by atoms with E-state index in [1.165, 1.54) is 43.6 Å². The van der Waals surface area contributed by atoms with Gasteiger partial charge in [0, 0.05) is 5.38 Å². The number of nitrogens with zero attached hydrogens (tertiary/aromatic N) is 2. The molecule has 3 rings (SSSR count). The zero-order chi connectivity index (χ0) is 13.8. The van der Waals surface area contributed by atoms with Crippen molar-refractivity contribution in [1.82, 2.24) is 14.9 Å². The maximum Gasteiger partial charge on any atom is 0.273 e. The molecule has 1 aromatic heterocycles. The van der Waals surface area contributed by atoms with Crippen molar-refractivity contribution in [3.63, 3.8) is 0 Å². The number of aromatic nitrogens is 2. The molecule has 5 nitrogen and oxygen atoms in total. The number of amides is 1. The van der Waals surface area contributed by atoms with Crippen molar-refractivity contribution in [3.05, 3.63) is 11.1 Å². The Hall–Kier alpha value is -1.01. The Kier molecular flexibility index (Phi) is 4.62. The molecule has 0 saturated heterocycles. The molecule has 0 radical (unpaired) electrons. The van der Waals surface area contributed by atoms with E-state index >= 15 is 0 Å². The Balaban J connectivity index is 1.58. The summed E-state index contributed by atoms with van der Waals surface area (Å²) in [5, 5.41) is 8.60. The molecular weight excluding hydrogens is 274 g/mol. The molecule has 2 aliphatic carbocycles. The van der Waals surface area contributed by atoms with E-state index < -0.39 is 0 Å². The van der Waals surface area contributed by atoms with Gasteiger partial charge in [-0.3, -0.25) is 4.79 Å². The Morgan fingerprint density at radius 3 is 2.70 bits per heavy atom. The third-order valence-corrected chi connectivity index (χ3v) is 4.79. The normalized spacial score (nSPS) is 27.6. The van der Waals surface area contributed by atoms with Gasteiger partial charge in [0.15, 0.2) is 5.69 Å². The molecule has 0 spiro atoms. The number of hydrogen-bond acceptors (Lipinski definition) is 5. The highest BCUT2D eigenvalue weighted by Gasteiger charge is 2.31. The Morgan fingerprint density at radius 1 is 1.20 bits per heavy atom. The number of rotatable bonds is 4. The second-order valence-corrected chi connectivity index (χ2v) is 6.35.